The number of ether oxygens (including phenoxy) is 1. The molecule has 8 heteroatoms. The highest BCUT2D eigenvalue weighted by molar-refractivity contribution is 6.89. The number of rotatable bonds is 12. The van der Waals surface area contributed by atoms with Gasteiger partial charge in [0.05, 0.1) is 0 Å². The summed E-state index contributed by atoms with van der Waals surface area (Å²) in [5, 5.41) is 0. The SMILES string of the molecule is CCCOCCC[Si@](C)(O[Si](C)(C)C)O[Si](C)(C)O[Si](C)(C)C. The van der Waals surface area contributed by atoms with Gasteiger partial charge in [0, 0.05) is 13.2 Å². The minimum absolute atomic E-state index is 0.797. The minimum atomic E-state index is -2.24. The van der Waals surface area contributed by atoms with Crippen LogP contribution in [-0.2, 0) is 17.1 Å². The van der Waals surface area contributed by atoms with Gasteiger partial charge in [0.2, 0.25) is 0 Å². The lowest BCUT2D eigenvalue weighted by atomic mass is 10.5. The third kappa shape index (κ3) is 13.7. The molecule has 0 aromatic rings. The van der Waals surface area contributed by atoms with Crippen LogP contribution < -0.4 is 0 Å². The lowest BCUT2D eigenvalue weighted by Crippen LogP contribution is -2.56. The highest BCUT2D eigenvalue weighted by Crippen LogP contribution is 2.27. The van der Waals surface area contributed by atoms with E-state index >= 15 is 0 Å². The lowest BCUT2D eigenvalue weighted by molar-refractivity contribution is 0.133. The van der Waals surface area contributed by atoms with E-state index in [9.17, 15) is 0 Å². The van der Waals surface area contributed by atoms with E-state index in [-0.39, 0.29) is 0 Å². The summed E-state index contributed by atoms with van der Waals surface area (Å²) in [4.78, 5) is 0. The maximum absolute atomic E-state index is 6.63. The fourth-order valence-electron chi connectivity index (χ4n) is 2.79. The highest BCUT2D eigenvalue weighted by atomic mass is 28.5. The van der Waals surface area contributed by atoms with Crippen LogP contribution in [0.1, 0.15) is 19.8 Å². The van der Waals surface area contributed by atoms with Gasteiger partial charge in [-0.2, -0.15) is 0 Å². The summed E-state index contributed by atoms with van der Waals surface area (Å²) in [6, 6.07) is 0.979. The van der Waals surface area contributed by atoms with Crippen LogP contribution in [0.2, 0.25) is 65.0 Å². The zero-order valence-corrected chi connectivity index (χ0v) is 21.2. The van der Waals surface area contributed by atoms with E-state index in [0.717, 1.165) is 32.1 Å². The van der Waals surface area contributed by atoms with Crippen molar-refractivity contribution in [2.24, 2.45) is 0 Å². The third-order valence-corrected chi connectivity index (χ3v) is 16.4. The zero-order chi connectivity index (χ0) is 18.4. The molecule has 0 saturated carbocycles. The lowest BCUT2D eigenvalue weighted by Gasteiger charge is -2.41. The summed E-state index contributed by atoms with van der Waals surface area (Å²) < 4.78 is 25.2. The van der Waals surface area contributed by atoms with Crippen molar-refractivity contribution in [2.45, 2.75) is 84.7 Å². The molecule has 0 rings (SSSR count). The molecule has 0 amide bonds. The van der Waals surface area contributed by atoms with Gasteiger partial charge in [0.15, 0.2) is 16.6 Å². The van der Waals surface area contributed by atoms with Crippen LogP contribution in [0.15, 0.2) is 0 Å². The Morgan fingerprint density at radius 3 is 1.61 bits per heavy atom. The molecule has 0 saturated heterocycles. The van der Waals surface area contributed by atoms with Crippen LogP contribution in [-0.4, -0.2) is 47.0 Å². The molecule has 140 valence electrons. The molecule has 0 radical (unpaired) electrons. The topological polar surface area (TPSA) is 36.9 Å². The summed E-state index contributed by atoms with van der Waals surface area (Å²) in [7, 11) is -7.67. The molecule has 0 fully saturated rings. The number of hydrogen-bond donors (Lipinski definition) is 0. The maximum Gasteiger partial charge on any atom is 0.315 e. The Labute approximate surface area is 149 Å². The Morgan fingerprint density at radius 1 is 0.652 bits per heavy atom. The molecular weight excluding hydrogens is 357 g/mol. The van der Waals surface area contributed by atoms with E-state index in [1.165, 1.54) is 0 Å². The Balaban J connectivity index is 4.84. The molecule has 23 heavy (non-hydrogen) atoms. The summed E-state index contributed by atoms with van der Waals surface area (Å²) in [6.07, 6.45) is 2.07. The van der Waals surface area contributed by atoms with Crippen LogP contribution in [0.3, 0.4) is 0 Å². The van der Waals surface area contributed by atoms with Crippen molar-refractivity contribution in [3.8, 4) is 0 Å². The normalized spacial score (nSPS) is 16.4. The summed E-state index contributed by atoms with van der Waals surface area (Å²) in [5.41, 5.74) is 0. The van der Waals surface area contributed by atoms with Crippen LogP contribution >= 0.6 is 0 Å². The van der Waals surface area contributed by atoms with E-state index in [1.54, 1.807) is 0 Å². The molecule has 0 unspecified atom stereocenters. The van der Waals surface area contributed by atoms with Gasteiger partial charge in [0.1, 0.15) is 0 Å². The van der Waals surface area contributed by atoms with Crippen molar-refractivity contribution in [1.29, 1.82) is 0 Å². The predicted octanol–water partition coefficient (Wildman–Crippen LogP) is 5.30. The summed E-state index contributed by atoms with van der Waals surface area (Å²) in [6.45, 7) is 23.7. The van der Waals surface area contributed by atoms with Gasteiger partial charge in [-0.05, 0) is 77.8 Å². The Hall–Kier alpha value is 0.708. The van der Waals surface area contributed by atoms with Crippen molar-refractivity contribution in [2.75, 3.05) is 13.2 Å². The molecule has 0 aliphatic rings. The number of hydrogen-bond acceptors (Lipinski definition) is 4. The first-order valence-electron chi connectivity index (χ1n) is 8.86. The molecule has 0 aromatic carbocycles. The fourth-order valence-corrected chi connectivity index (χ4v) is 20.7. The molecule has 0 N–H and O–H groups in total. The predicted molar refractivity (Wildman–Crippen MR) is 110 cm³/mol. The van der Waals surface area contributed by atoms with Crippen molar-refractivity contribution >= 4 is 33.8 Å². The van der Waals surface area contributed by atoms with Crippen LogP contribution in [0.5, 0.6) is 0 Å². The van der Waals surface area contributed by atoms with Gasteiger partial charge in [-0.1, -0.05) is 6.92 Å². The molecule has 0 aliphatic carbocycles. The van der Waals surface area contributed by atoms with Gasteiger partial charge in [-0.3, -0.25) is 0 Å². The Morgan fingerprint density at radius 2 is 1.17 bits per heavy atom. The second kappa shape index (κ2) is 9.42. The molecule has 0 bridgehead atoms. The first-order chi connectivity index (χ1) is 10.2. The standard InChI is InChI=1S/C15H40O4Si4/c1-11-13-16-14-12-15-23(10,18-21(5,6)7)19-22(8,9)17-20(2,3)4/h11-15H2,1-10H3/t23-/m1/s1. The van der Waals surface area contributed by atoms with Crippen molar-refractivity contribution in [3.63, 3.8) is 0 Å². The van der Waals surface area contributed by atoms with E-state index < -0.39 is 33.8 Å². The molecule has 0 aliphatic heterocycles. The van der Waals surface area contributed by atoms with Crippen molar-refractivity contribution in [3.05, 3.63) is 0 Å². The average molecular weight is 397 g/mol. The van der Waals surface area contributed by atoms with Crippen LogP contribution in [0.25, 0.3) is 0 Å². The van der Waals surface area contributed by atoms with Gasteiger partial charge >= 0.3 is 17.1 Å². The molecule has 0 spiro atoms. The monoisotopic (exact) mass is 396 g/mol. The quantitative estimate of drug-likeness (QED) is 0.331. The second-order valence-electron chi connectivity index (χ2n) is 8.78. The summed E-state index contributed by atoms with van der Waals surface area (Å²) >= 11 is 0. The average Bonchev–Trinajstić information content (AvgIpc) is 2.20. The van der Waals surface area contributed by atoms with Crippen LogP contribution in [0.4, 0.5) is 0 Å². The first kappa shape index (κ1) is 23.7. The van der Waals surface area contributed by atoms with Gasteiger partial charge < -0.3 is 17.1 Å². The van der Waals surface area contributed by atoms with E-state index in [1.807, 2.05) is 0 Å². The molecular formula is C15H40O4Si4. The highest BCUT2D eigenvalue weighted by Gasteiger charge is 2.44. The third-order valence-electron chi connectivity index (χ3n) is 2.80. The van der Waals surface area contributed by atoms with Gasteiger partial charge in [0.25, 0.3) is 0 Å². The minimum Gasteiger partial charge on any atom is -0.437 e. The maximum atomic E-state index is 6.63. The van der Waals surface area contributed by atoms with E-state index in [2.05, 4.69) is 65.8 Å². The molecule has 4 nitrogen and oxygen atoms in total. The van der Waals surface area contributed by atoms with Gasteiger partial charge in [-0.15, -0.1) is 0 Å². The molecule has 0 heterocycles. The smallest absolute Gasteiger partial charge is 0.315 e. The van der Waals surface area contributed by atoms with E-state index in [0.29, 0.717) is 0 Å². The molecule has 1 atom stereocenters. The second-order valence-corrected chi connectivity index (χ2v) is 25.2. The largest absolute Gasteiger partial charge is 0.437 e. The van der Waals surface area contributed by atoms with E-state index in [4.69, 9.17) is 17.1 Å². The zero-order valence-electron chi connectivity index (χ0n) is 17.2. The van der Waals surface area contributed by atoms with Crippen molar-refractivity contribution < 1.29 is 17.1 Å². The molecule has 0 aromatic heterocycles. The Kier molecular flexibility index (Phi) is 9.71. The Bertz CT molecular complexity index is 339. The fraction of sp³-hybridized carbons (Fsp3) is 1.00. The summed E-state index contributed by atoms with van der Waals surface area (Å²) in [5.74, 6) is 0. The first-order valence-corrected chi connectivity index (χ1v) is 21.0. The van der Waals surface area contributed by atoms with Gasteiger partial charge in [-0.25, -0.2) is 0 Å². The van der Waals surface area contributed by atoms with Crippen LogP contribution in [0, 0.1) is 0 Å². The van der Waals surface area contributed by atoms with Crippen molar-refractivity contribution in [1.82, 2.24) is 0 Å².